The van der Waals surface area contributed by atoms with Gasteiger partial charge in [0.05, 0.1) is 24.0 Å². The van der Waals surface area contributed by atoms with Gasteiger partial charge >= 0.3 is 0 Å². The zero-order chi connectivity index (χ0) is 18.9. The molecule has 0 aliphatic carbocycles. The van der Waals surface area contributed by atoms with Crippen molar-refractivity contribution in [3.63, 3.8) is 0 Å². The predicted molar refractivity (Wildman–Crippen MR) is 99.0 cm³/mol. The summed E-state index contributed by atoms with van der Waals surface area (Å²) in [7, 11) is 1.56. The summed E-state index contributed by atoms with van der Waals surface area (Å²) in [6.07, 6.45) is 2.35. The molecule has 2 aromatic carbocycles. The van der Waals surface area contributed by atoms with E-state index in [4.69, 9.17) is 16.3 Å². The Hall–Kier alpha value is -2.66. The first kappa shape index (κ1) is 18.1. The quantitative estimate of drug-likeness (QED) is 0.603. The summed E-state index contributed by atoms with van der Waals surface area (Å²) in [6, 6.07) is 11.5. The van der Waals surface area contributed by atoms with Gasteiger partial charge in [-0.25, -0.2) is 9.37 Å². The van der Waals surface area contributed by atoms with E-state index in [9.17, 15) is 9.18 Å². The average Bonchev–Trinajstić information content (AvgIpc) is 3.07. The number of hydrogen-bond acceptors (Lipinski definition) is 3. The van der Waals surface area contributed by atoms with Crippen LogP contribution in [0, 0.1) is 5.82 Å². The monoisotopic (exact) mass is 372 g/mol. The van der Waals surface area contributed by atoms with E-state index in [-0.39, 0.29) is 11.6 Å². The van der Waals surface area contributed by atoms with E-state index in [1.807, 2.05) is 26.0 Å². The minimum Gasteiger partial charge on any atom is -0.495 e. The lowest BCUT2D eigenvalue weighted by molar-refractivity contribution is 0.111. The van der Waals surface area contributed by atoms with E-state index in [1.165, 1.54) is 12.1 Å². The summed E-state index contributed by atoms with van der Waals surface area (Å²) < 4.78 is 20.4. The molecule has 0 N–H and O–H groups in total. The van der Waals surface area contributed by atoms with Gasteiger partial charge in [-0.15, -0.1) is 0 Å². The molecule has 0 fully saturated rings. The molecule has 0 saturated heterocycles. The second kappa shape index (κ2) is 6.92. The highest BCUT2D eigenvalue weighted by Gasteiger charge is 2.30. The fourth-order valence-corrected chi connectivity index (χ4v) is 3.14. The number of halogens is 2. The maximum atomic E-state index is 13.3. The van der Waals surface area contributed by atoms with Crippen LogP contribution in [-0.4, -0.2) is 22.9 Å². The number of carbonyl (C=O) groups is 1. The minimum absolute atomic E-state index is 0.251. The van der Waals surface area contributed by atoms with E-state index in [2.05, 4.69) is 4.98 Å². The molecule has 0 radical (unpaired) electrons. The Morgan fingerprint density at radius 1 is 1.19 bits per heavy atom. The van der Waals surface area contributed by atoms with Crippen molar-refractivity contribution < 1.29 is 13.9 Å². The van der Waals surface area contributed by atoms with Gasteiger partial charge < -0.3 is 4.74 Å². The zero-order valence-electron chi connectivity index (χ0n) is 14.7. The number of nitrogens with zero attached hydrogens (tertiary/aromatic N) is 2. The predicted octanol–water partition coefficient (Wildman–Crippen LogP) is 4.81. The molecule has 0 aliphatic heterocycles. The molecule has 3 rings (SSSR count). The molecule has 26 heavy (non-hydrogen) atoms. The van der Waals surface area contributed by atoms with Crippen molar-refractivity contribution in [3.05, 3.63) is 76.6 Å². The average molecular weight is 373 g/mol. The lowest BCUT2D eigenvalue weighted by atomic mass is 9.81. The van der Waals surface area contributed by atoms with Gasteiger partial charge in [-0.1, -0.05) is 31.5 Å². The summed E-state index contributed by atoms with van der Waals surface area (Å²) in [5.41, 5.74) is 1.88. The van der Waals surface area contributed by atoms with Crippen LogP contribution < -0.4 is 4.74 Å². The molecule has 0 bridgehead atoms. The summed E-state index contributed by atoms with van der Waals surface area (Å²) in [4.78, 5) is 15.7. The summed E-state index contributed by atoms with van der Waals surface area (Å²) >= 11 is 6.14. The van der Waals surface area contributed by atoms with Gasteiger partial charge in [0.25, 0.3) is 0 Å². The molecule has 0 amide bonds. The van der Waals surface area contributed by atoms with E-state index >= 15 is 0 Å². The van der Waals surface area contributed by atoms with Crippen molar-refractivity contribution in [1.29, 1.82) is 0 Å². The molecule has 0 unspecified atom stereocenters. The summed E-state index contributed by atoms with van der Waals surface area (Å²) in [6.45, 7) is 4.03. The van der Waals surface area contributed by atoms with Crippen LogP contribution in [0.15, 0.2) is 48.7 Å². The number of rotatable bonds is 5. The van der Waals surface area contributed by atoms with Crippen LogP contribution in [0.4, 0.5) is 4.39 Å². The van der Waals surface area contributed by atoms with E-state index in [0.717, 1.165) is 11.3 Å². The Kier molecular flexibility index (Phi) is 4.83. The van der Waals surface area contributed by atoms with Crippen LogP contribution >= 0.6 is 11.6 Å². The van der Waals surface area contributed by atoms with Gasteiger partial charge in [-0.05, 0) is 42.0 Å². The number of hydrogen-bond donors (Lipinski definition) is 0. The maximum Gasteiger partial charge on any atom is 0.185 e. The first-order valence-corrected chi connectivity index (χ1v) is 8.39. The first-order valence-electron chi connectivity index (χ1n) is 8.02. The van der Waals surface area contributed by atoms with Crippen molar-refractivity contribution in [2.75, 3.05) is 7.11 Å². The molecule has 0 spiro atoms. The Balaban J connectivity index is 2.18. The Bertz CT molecular complexity index is 949. The van der Waals surface area contributed by atoms with Crippen molar-refractivity contribution >= 4 is 17.9 Å². The molecule has 1 aromatic heterocycles. The lowest BCUT2D eigenvalue weighted by Gasteiger charge is -2.27. The minimum atomic E-state index is -0.513. The Morgan fingerprint density at radius 3 is 2.50 bits per heavy atom. The van der Waals surface area contributed by atoms with Crippen LogP contribution in [0.1, 0.15) is 35.7 Å². The zero-order valence-corrected chi connectivity index (χ0v) is 15.4. The lowest BCUT2D eigenvalue weighted by Crippen LogP contribution is -2.23. The highest BCUT2D eigenvalue weighted by molar-refractivity contribution is 6.32. The third-order valence-corrected chi connectivity index (χ3v) is 4.80. The second-order valence-electron chi connectivity index (χ2n) is 6.41. The molecular formula is C20H18ClFN2O2. The number of aromatic nitrogens is 2. The number of methoxy groups -OCH3 is 1. The van der Waals surface area contributed by atoms with Crippen LogP contribution in [0.2, 0.25) is 5.02 Å². The van der Waals surface area contributed by atoms with Crippen LogP contribution in [-0.2, 0) is 5.41 Å². The first-order chi connectivity index (χ1) is 12.4. The summed E-state index contributed by atoms with van der Waals surface area (Å²) in [5, 5.41) is 0.521. The summed E-state index contributed by atoms with van der Waals surface area (Å²) in [5.74, 6) is 0.478. The van der Waals surface area contributed by atoms with Gasteiger partial charge in [0.15, 0.2) is 12.1 Å². The number of benzene rings is 2. The maximum absolute atomic E-state index is 13.3. The van der Waals surface area contributed by atoms with Crippen molar-refractivity contribution in [1.82, 2.24) is 9.55 Å². The largest absolute Gasteiger partial charge is 0.495 e. The van der Waals surface area contributed by atoms with Crippen LogP contribution in [0.3, 0.4) is 0 Å². The molecule has 6 heteroatoms. The number of imidazole rings is 1. The van der Waals surface area contributed by atoms with Gasteiger partial charge in [0.2, 0.25) is 0 Å². The normalized spacial score (nSPS) is 11.4. The Labute approximate surface area is 156 Å². The highest BCUT2D eigenvalue weighted by atomic mass is 35.5. The molecule has 3 aromatic rings. The van der Waals surface area contributed by atoms with E-state index in [0.29, 0.717) is 22.7 Å². The van der Waals surface area contributed by atoms with Crippen LogP contribution in [0.25, 0.3) is 5.69 Å². The fraction of sp³-hybridized carbons (Fsp3) is 0.200. The SMILES string of the molecule is COc1cc(C(C)(C)c2cnc(C=O)n2-c2ccc(F)cc2)ccc1Cl. The molecule has 0 aliphatic rings. The third kappa shape index (κ3) is 3.10. The second-order valence-corrected chi connectivity index (χ2v) is 6.81. The van der Waals surface area contributed by atoms with E-state index < -0.39 is 5.41 Å². The Morgan fingerprint density at radius 2 is 1.88 bits per heavy atom. The number of ether oxygens (including phenoxy) is 1. The number of carbonyl (C=O) groups excluding carboxylic acids is 1. The molecule has 1 heterocycles. The molecule has 0 atom stereocenters. The van der Waals surface area contributed by atoms with Crippen molar-refractivity contribution in [2.24, 2.45) is 0 Å². The van der Waals surface area contributed by atoms with Gasteiger partial charge in [0.1, 0.15) is 11.6 Å². The molecular weight excluding hydrogens is 355 g/mol. The third-order valence-electron chi connectivity index (χ3n) is 4.49. The van der Waals surface area contributed by atoms with Gasteiger partial charge in [0, 0.05) is 11.1 Å². The van der Waals surface area contributed by atoms with Crippen molar-refractivity contribution in [3.8, 4) is 11.4 Å². The van der Waals surface area contributed by atoms with Gasteiger partial charge in [-0.2, -0.15) is 0 Å². The van der Waals surface area contributed by atoms with Gasteiger partial charge in [-0.3, -0.25) is 9.36 Å². The molecule has 0 saturated carbocycles. The molecule has 134 valence electrons. The fourth-order valence-electron chi connectivity index (χ4n) is 2.95. The topological polar surface area (TPSA) is 44.1 Å². The standard InChI is InChI=1S/C20H18ClFN2O2/c1-20(2,13-4-9-16(21)17(10-13)26-3)18-11-23-19(12-25)24(18)15-7-5-14(22)6-8-15/h4-12H,1-3H3. The highest BCUT2D eigenvalue weighted by Crippen LogP contribution is 2.37. The number of aldehydes is 1. The van der Waals surface area contributed by atoms with Crippen molar-refractivity contribution in [2.45, 2.75) is 19.3 Å². The smallest absolute Gasteiger partial charge is 0.185 e. The molecule has 4 nitrogen and oxygen atoms in total. The van der Waals surface area contributed by atoms with Crippen LogP contribution in [0.5, 0.6) is 5.75 Å². The van der Waals surface area contributed by atoms with E-state index in [1.54, 1.807) is 36.1 Å².